The molecule has 0 saturated carbocycles. The van der Waals surface area contributed by atoms with Crippen LogP contribution < -0.4 is 9.46 Å². The van der Waals surface area contributed by atoms with Crippen molar-refractivity contribution in [3.05, 3.63) is 83.6 Å². The highest BCUT2D eigenvalue weighted by molar-refractivity contribution is 7.89. The van der Waals surface area contributed by atoms with Crippen LogP contribution >= 0.6 is 0 Å². The molecular weight excluding hydrogens is 374 g/mol. The number of hydrogen-bond acceptors (Lipinski definition) is 4. The number of benzene rings is 2. The van der Waals surface area contributed by atoms with Crippen molar-refractivity contribution in [2.75, 3.05) is 0 Å². The highest BCUT2D eigenvalue weighted by Gasteiger charge is 2.17. The van der Waals surface area contributed by atoms with Gasteiger partial charge in [-0.15, -0.1) is 0 Å². The van der Waals surface area contributed by atoms with E-state index < -0.39 is 15.8 Å². The van der Waals surface area contributed by atoms with Crippen LogP contribution in [0.3, 0.4) is 0 Å². The highest BCUT2D eigenvalue weighted by Crippen LogP contribution is 2.21. The lowest BCUT2D eigenvalue weighted by Crippen LogP contribution is -2.24. The molecule has 3 rings (SSSR count). The molecule has 0 amide bonds. The fourth-order valence-electron chi connectivity index (χ4n) is 2.36. The molecule has 1 aromatic heterocycles. The van der Waals surface area contributed by atoms with Crippen LogP contribution in [0.1, 0.15) is 11.1 Å². The van der Waals surface area contributed by atoms with Crippen molar-refractivity contribution in [3.63, 3.8) is 0 Å². The molecule has 27 heavy (non-hydrogen) atoms. The molecular formula is C19H16F2N2O3S. The number of nitrogens with zero attached hydrogens (tertiary/aromatic N) is 1. The summed E-state index contributed by atoms with van der Waals surface area (Å²) in [5, 5.41) is 0. The Morgan fingerprint density at radius 1 is 1.00 bits per heavy atom. The number of pyridine rings is 1. The SMILES string of the molecule is Cc1ccc(F)cc1S(=O)(=O)NCc1ccnc(Oc2ccc(F)cc2)c1. The van der Waals surface area contributed by atoms with Crippen LogP contribution in [0.2, 0.25) is 0 Å². The van der Waals surface area contributed by atoms with Gasteiger partial charge in [-0.05, 0) is 60.5 Å². The maximum Gasteiger partial charge on any atom is 0.241 e. The second-order valence-electron chi connectivity index (χ2n) is 5.79. The summed E-state index contributed by atoms with van der Waals surface area (Å²) in [6.07, 6.45) is 1.47. The van der Waals surface area contributed by atoms with E-state index in [2.05, 4.69) is 9.71 Å². The Morgan fingerprint density at radius 3 is 2.44 bits per heavy atom. The summed E-state index contributed by atoms with van der Waals surface area (Å²) in [7, 11) is -3.88. The first-order valence-electron chi connectivity index (χ1n) is 7.98. The zero-order valence-electron chi connectivity index (χ0n) is 14.3. The van der Waals surface area contributed by atoms with Crippen LogP contribution in [0.5, 0.6) is 11.6 Å². The van der Waals surface area contributed by atoms with Gasteiger partial charge in [-0.1, -0.05) is 6.07 Å². The molecule has 2 aromatic carbocycles. The quantitative estimate of drug-likeness (QED) is 0.692. The van der Waals surface area contributed by atoms with E-state index in [9.17, 15) is 17.2 Å². The van der Waals surface area contributed by atoms with Crippen molar-refractivity contribution in [1.29, 1.82) is 0 Å². The number of nitrogens with one attached hydrogen (secondary N) is 1. The molecule has 140 valence electrons. The average Bonchev–Trinajstić information content (AvgIpc) is 2.64. The molecule has 8 heteroatoms. The second kappa shape index (κ2) is 7.81. The standard InChI is InChI=1S/C19H16F2N2O3S/c1-13-2-3-16(21)11-18(13)27(24,25)23-12-14-8-9-22-19(10-14)26-17-6-4-15(20)5-7-17/h2-11,23H,12H2,1H3. The number of aryl methyl sites for hydroxylation is 1. The minimum Gasteiger partial charge on any atom is -0.439 e. The molecule has 3 aromatic rings. The molecule has 1 heterocycles. The van der Waals surface area contributed by atoms with Crippen molar-refractivity contribution in [2.45, 2.75) is 18.4 Å². The van der Waals surface area contributed by atoms with E-state index in [-0.39, 0.29) is 23.1 Å². The Kier molecular flexibility index (Phi) is 5.48. The number of aromatic nitrogens is 1. The van der Waals surface area contributed by atoms with Gasteiger partial charge in [0.25, 0.3) is 0 Å². The van der Waals surface area contributed by atoms with E-state index in [0.717, 1.165) is 6.07 Å². The Morgan fingerprint density at radius 2 is 1.70 bits per heavy atom. The van der Waals surface area contributed by atoms with E-state index in [1.807, 2.05) is 0 Å². The Hall–Kier alpha value is -2.84. The lowest BCUT2D eigenvalue weighted by atomic mass is 10.2. The molecule has 1 N–H and O–H groups in total. The lowest BCUT2D eigenvalue weighted by Gasteiger charge is -2.10. The summed E-state index contributed by atoms with van der Waals surface area (Å²) in [4.78, 5) is 3.93. The van der Waals surface area contributed by atoms with Gasteiger partial charge in [-0.25, -0.2) is 26.9 Å². The summed E-state index contributed by atoms with van der Waals surface area (Å²) in [6.45, 7) is 1.57. The van der Waals surface area contributed by atoms with Gasteiger partial charge in [0.15, 0.2) is 0 Å². The zero-order valence-corrected chi connectivity index (χ0v) is 15.1. The third-order valence-corrected chi connectivity index (χ3v) is 5.28. The third-order valence-electron chi connectivity index (χ3n) is 3.74. The van der Waals surface area contributed by atoms with E-state index in [1.54, 1.807) is 19.1 Å². The van der Waals surface area contributed by atoms with Crippen molar-refractivity contribution in [3.8, 4) is 11.6 Å². The topological polar surface area (TPSA) is 68.3 Å². The van der Waals surface area contributed by atoms with Gasteiger partial charge in [0.2, 0.25) is 15.9 Å². The van der Waals surface area contributed by atoms with Crippen molar-refractivity contribution >= 4 is 10.0 Å². The van der Waals surface area contributed by atoms with Crippen LogP contribution in [0.15, 0.2) is 65.7 Å². The van der Waals surface area contributed by atoms with E-state index in [1.165, 1.54) is 42.6 Å². The molecule has 0 radical (unpaired) electrons. The molecule has 0 aliphatic carbocycles. The fraction of sp³-hybridized carbons (Fsp3) is 0.105. The van der Waals surface area contributed by atoms with Crippen LogP contribution in [0, 0.1) is 18.6 Å². The van der Waals surface area contributed by atoms with Gasteiger partial charge < -0.3 is 4.74 Å². The summed E-state index contributed by atoms with van der Waals surface area (Å²) in [5.41, 5.74) is 1.04. The highest BCUT2D eigenvalue weighted by atomic mass is 32.2. The monoisotopic (exact) mass is 390 g/mol. The predicted octanol–water partition coefficient (Wildman–Crippen LogP) is 3.94. The summed E-state index contributed by atoms with van der Waals surface area (Å²) in [6, 6.07) is 12.2. The molecule has 0 bridgehead atoms. The normalized spacial score (nSPS) is 11.4. The number of rotatable bonds is 6. The molecule has 0 saturated heterocycles. The summed E-state index contributed by atoms with van der Waals surface area (Å²) in [5.74, 6) is -0.372. The van der Waals surface area contributed by atoms with Crippen LogP contribution in [-0.2, 0) is 16.6 Å². The number of hydrogen-bond donors (Lipinski definition) is 1. The van der Waals surface area contributed by atoms with Crippen molar-refractivity contribution in [2.24, 2.45) is 0 Å². The van der Waals surface area contributed by atoms with E-state index in [0.29, 0.717) is 16.9 Å². The zero-order chi connectivity index (χ0) is 19.4. The first-order valence-corrected chi connectivity index (χ1v) is 9.46. The van der Waals surface area contributed by atoms with E-state index in [4.69, 9.17) is 4.74 Å². The van der Waals surface area contributed by atoms with Gasteiger partial charge in [-0.3, -0.25) is 0 Å². The maximum atomic E-state index is 13.4. The van der Waals surface area contributed by atoms with E-state index >= 15 is 0 Å². The smallest absolute Gasteiger partial charge is 0.241 e. The van der Waals surface area contributed by atoms with Gasteiger partial charge in [0.05, 0.1) is 4.90 Å². The average molecular weight is 390 g/mol. The van der Waals surface area contributed by atoms with Crippen LogP contribution in [-0.4, -0.2) is 13.4 Å². The second-order valence-corrected chi connectivity index (χ2v) is 7.53. The Balaban J connectivity index is 1.72. The van der Waals surface area contributed by atoms with Crippen LogP contribution in [0.25, 0.3) is 0 Å². The molecule has 0 aliphatic rings. The van der Waals surface area contributed by atoms with Gasteiger partial charge in [-0.2, -0.15) is 0 Å². The molecule has 0 aliphatic heterocycles. The molecule has 0 atom stereocenters. The first kappa shape index (κ1) is 18.9. The predicted molar refractivity (Wildman–Crippen MR) is 95.9 cm³/mol. The Bertz CT molecular complexity index is 1050. The van der Waals surface area contributed by atoms with Crippen molar-refractivity contribution in [1.82, 2.24) is 9.71 Å². The van der Waals surface area contributed by atoms with Crippen LogP contribution in [0.4, 0.5) is 8.78 Å². The summed E-state index contributed by atoms with van der Waals surface area (Å²) >= 11 is 0. The maximum absolute atomic E-state index is 13.4. The largest absolute Gasteiger partial charge is 0.439 e. The molecule has 5 nitrogen and oxygen atoms in total. The number of halogens is 2. The third kappa shape index (κ3) is 4.87. The molecule has 0 unspecified atom stereocenters. The van der Waals surface area contributed by atoms with Gasteiger partial charge >= 0.3 is 0 Å². The van der Waals surface area contributed by atoms with Gasteiger partial charge in [0.1, 0.15) is 17.4 Å². The number of ether oxygens (including phenoxy) is 1. The lowest BCUT2D eigenvalue weighted by molar-refractivity contribution is 0.460. The fourth-order valence-corrected chi connectivity index (χ4v) is 3.63. The first-order chi connectivity index (χ1) is 12.8. The Labute approximate surface area is 155 Å². The molecule has 0 fully saturated rings. The minimum atomic E-state index is -3.88. The van der Waals surface area contributed by atoms with Gasteiger partial charge in [0, 0.05) is 18.8 Å². The van der Waals surface area contributed by atoms with Crippen molar-refractivity contribution < 1.29 is 21.9 Å². The summed E-state index contributed by atoms with van der Waals surface area (Å²) < 4.78 is 59.1. The molecule has 0 spiro atoms. The number of sulfonamides is 1. The minimum absolute atomic E-state index is 0.0272.